The van der Waals surface area contributed by atoms with E-state index in [-0.39, 0.29) is 35.5 Å². The molecule has 0 spiro atoms. The summed E-state index contributed by atoms with van der Waals surface area (Å²) in [4.78, 5) is 11.4. The fourth-order valence-electron chi connectivity index (χ4n) is 1.54. The minimum atomic E-state index is -0.123. The Morgan fingerprint density at radius 2 is 1.71 bits per heavy atom. The number of para-hydroxylation sites is 1. The van der Waals surface area contributed by atoms with Crippen LogP contribution in [0.5, 0.6) is 5.75 Å². The van der Waals surface area contributed by atoms with Gasteiger partial charge in [-0.3, -0.25) is 4.79 Å². The van der Waals surface area contributed by atoms with E-state index < -0.39 is 0 Å². The van der Waals surface area contributed by atoms with Crippen LogP contribution in [0.25, 0.3) is 0 Å². The Kier molecular flexibility index (Phi) is 10.6. The molecule has 0 unspecified atom stereocenters. The van der Waals surface area contributed by atoms with Crippen molar-refractivity contribution in [2.24, 2.45) is 0 Å². The van der Waals surface area contributed by atoms with E-state index in [9.17, 15) is 4.79 Å². The van der Waals surface area contributed by atoms with Crippen molar-refractivity contribution in [3.05, 3.63) is 30.3 Å². The zero-order chi connectivity index (χ0) is 11.6. The molecule has 0 saturated heterocycles. The van der Waals surface area contributed by atoms with Gasteiger partial charge in [0.1, 0.15) is 5.75 Å². The van der Waals surface area contributed by atoms with Crippen LogP contribution in [0.2, 0.25) is 0 Å². The van der Waals surface area contributed by atoms with Gasteiger partial charge < -0.3 is 4.74 Å². The molecule has 90 valence electrons. The quantitative estimate of drug-likeness (QED) is 0.318. The van der Waals surface area contributed by atoms with Gasteiger partial charge in [0.25, 0.3) is 0 Å². The van der Waals surface area contributed by atoms with E-state index in [0.29, 0.717) is 12.2 Å². The number of hydrogen-bond acceptors (Lipinski definition) is 2. The fourth-order valence-corrected chi connectivity index (χ4v) is 1.54. The number of hydrogen-bond donors (Lipinski definition) is 0. The number of esters is 1. The van der Waals surface area contributed by atoms with Gasteiger partial charge in [-0.1, -0.05) is 50.8 Å². The molecule has 0 aliphatic rings. The number of carbonyl (C=O) groups is 1. The van der Waals surface area contributed by atoms with Gasteiger partial charge in [-0.25, -0.2) is 0 Å². The van der Waals surface area contributed by atoms with E-state index in [4.69, 9.17) is 4.74 Å². The van der Waals surface area contributed by atoms with Crippen molar-refractivity contribution in [2.45, 2.75) is 45.4 Å². The predicted octanol–water partition coefficient (Wildman–Crippen LogP) is 3.30. The van der Waals surface area contributed by atoms with Crippen LogP contribution in [0.4, 0.5) is 0 Å². The number of ether oxygens (including phenoxy) is 1. The first kappa shape index (κ1) is 16.7. The second-order valence-corrected chi connectivity index (χ2v) is 3.95. The average molecular weight is 244 g/mol. The Balaban J connectivity index is 0.00000256. The van der Waals surface area contributed by atoms with E-state index in [2.05, 4.69) is 6.92 Å². The second-order valence-electron chi connectivity index (χ2n) is 3.95. The molecule has 0 fully saturated rings. The summed E-state index contributed by atoms with van der Waals surface area (Å²) in [6, 6.07) is 9.24. The summed E-state index contributed by atoms with van der Waals surface area (Å²) in [5.41, 5.74) is 0. The third kappa shape index (κ3) is 8.42. The molecule has 17 heavy (non-hydrogen) atoms. The molecule has 3 heteroatoms. The zero-order valence-electron chi connectivity index (χ0n) is 9.95. The molecule has 0 bridgehead atoms. The molecule has 0 saturated carbocycles. The first-order valence-corrected chi connectivity index (χ1v) is 6.08. The van der Waals surface area contributed by atoms with Crippen LogP contribution in [-0.2, 0) is 4.79 Å². The third-order valence-electron chi connectivity index (χ3n) is 2.46. The zero-order valence-corrected chi connectivity index (χ0v) is 9.95. The van der Waals surface area contributed by atoms with Crippen LogP contribution in [0, 0.1) is 0 Å². The number of benzene rings is 1. The van der Waals surface area contributed by atoms with Crippen LogP contribution >= 0.6 is 0 Å². The van der Waals surface area contributed by atoms with Crippen LogP contribution in [0.15, 0.2) is 30.3 Å². The molecule has 0 amide bonds. The van der Waals surface area contributed by atoms with E-state index in [1.807, 2.05) is 18.2 Å². The summed E-state index contributed by atoms with van der Waals surface area (Å²) >= 11 is 0. The number of unbranched alkanes of at least 4 members (excludes halogenated alkanes) is 4. The summed E-state index contributed by atoms with van der Waals surface area (Å²) in [6.45, 7) is 2.18. The molecule has 1 aromatic rings. The Morgan fingerprint density at radius 3 is 2.35 bits per heavy atom. The Morgan fingerprint density at radius 1 is 1.06 bits per heavy atom. The van der Waals surface area contributed by atoms with Crippen LogP contribution in [0.3, 0.4) is 0 Å². The first-order valence-electron chi connectivity index (χ1n) is 6.08. The van der Waals surface area contributed by atoms with Crippen molar-refractivity contribution in [3.63, 3.8) is 0 Å². The van der Waals surface area contributed by atoms with Crippen molar-refractivity contribution in [3.8, 4) is 5.75 Å². The van der Waals surface area contributed by atoms with Gasteiger partial charge in [-0.15, -0.1) is 0 Å². The van der Waals surface area contributed by atoms with E-state index >= 15 is 0 Å². The number of rotatable bonds is 7. The molecule has 0 atom stereocenters. The molecule has 1 rings (SSSR count). The van der Waals surface area contributed by atoms with Crippen molar-refractivity contribution < 1.29 is 9.53 Å². The van der Waals surface area contributed by atoms with Crippen molar-refractivity contribution in [1.82, 2.24) is 0 Å². The topological polar surface area (TPSA) is 26.3 Å². The standard InChI is InChI=1S/C14H20O2.Na.H/c1-2-3-4-5-9-12-14(15)16-13-10-7-6-8-11-13;;/h6-8,10-11H,2-5,9,12H2,1H3;;. The predicted molar refractivity (Wildman–Crippen MR) is 72.6 cm³/mol. The molecule has 0 aromatic heterocycles. The molecule has 1 aromatic carbocycles. The van der Waals surface area contributed by atoms with Gasteiger partial charge in [0.05, 0.1) is 0 Å². The van der Waals surface area contributed by atoms with Gasteiger partial charge in [-0.05, 0) is 18.6 Å². The van der Waals surface area contributed by atoms with Crippen LogP contribution in [-0.4, -0.2) is 35.5 Å². The van der Waals surface area contributed by atoms with Gasteiger partial charge in [0, 0.05) is 6.42 Å². The van der Waals surface area contributed by atoms with Crippen LogP contribution < -0.4 is 4.74 Å². The Bertz CT molecular complexity index is 298. The second kappa shape index (κ2) is 10.8. The Hall–Kier alpha value is -0.310. The SMILES string of the molecule is CCCCCCCC(=O)Oc1ccccc1.[NaH]. The molecule has 0 aliphatic heterocycles. The summed E-state index contributed by atoms with van der Waals surface area (Å²) < 4.78 is 5.18. The van der Waals surface area contributed by atoms with Crippen molar-refractivity contribution in [1.29, 1.82) is 0 Å². The van der Waals surface area contributed by atoms with E-state index in [1.54, 1.807) is 12.1 Å². The number of carbonyl (C=O) groups excluding carboxylic acids is 1. The molecular formula is C14H21NaO2. The molecule has 0 N–H and O–H groups in total. The molecular weight excluding hydrogens is 223 g/mol. The molecule has 2 nitrogen and oxygen atoms in total. The van der Waals surface area contributed by atoms with Gasteiger partial charge in [0.2, 0.25) is 0 Å². The van der Waals surface area contributed by atoms with Crippen LogP contribution in [0.1, 0.15) is 45.4 Å². The Labute approximate surface area is 126 Å². The summed E-state index contributed by atoms with van der Waals surface area (Å²) in [6.07, 6.45) is 6.29. The summed E-state index contributed by atoms with van der Waals surface area (Å²) in [5.74, 6) is 0.517. The summed E-state index contributed by atoms with van der Waals surface area (Å²) in [5, 5.41) is 0. The summed E-state index contributed by atoms with van der Waals surface area (Å²) in [7, 11) is 0. The normalized spacial score (nSPS) is 9.47. The van der Waals surface area contributed by atoms with Gasteiger partial charge >= 0.3 is 35.5 Å². The van der Waals surface area contributed by atoms with Gasteiger partial charge in [-0.2, -0.15) is 0 Å². The monoisotopic (exact) mass is 244 g/mol. The maximum atomic E-state index is 11.4. The fraction of sp³-hybridized carbons (Fsp3) is 0.500. The van der Waals surface area contributed by atoms with E-state index in [1.165, 1.54) is 19.3 Å². The van der Waals surface area contributed by atoms with Crippen molar-refractivity contribution >= 4 is 35.5 Å². The van der Waals surface area contributed by atoms with Gasteiger partial charge in [0.15, 0.2) is 0 Å². The maximum absolute atomic E-state index is 11.4. The molecule has 0 radical (unpaired) electrons. The molecule has 0 aliphatic carbocycles. The third-order valence-corrected chi connectivity index (χ3v) is 2.46. The molecule has 0 heterocycles. The van der Waals surface area contributed by atoms with E-state index in [0.717, 1.165) is 12.8 Å². The minimum absolute atomic E-state index is 0. The average Bonchev–Trinajstić information content (AvgIpc) is 2.30. The first-order chi connectivity index (χ1) is 7.83. The van der Waals surface area contributed by atoms with Crippen molar-refractivity contribution in [2.75, 3.05) is 0 Å².